The maximum atomic E-state index is 13.4. The van der Waals surface area contributed by atoms with Crippen LogP contribution in [0.1, 0.15) is 63.0 Å². The topological polar surface area (TPSA) is 76.0 Å². The molecule has 2 aromatic rings. The van der Waals surface area contributed by atoms with Gasteiger partial charge in [-0.2, -0.15) is 4.98 Å². The molecule has 24 heavy (non-hydrogen) atoms. The lowest BCUT2D eigenvalue weighted by atomic mass is 9.92. The van der Waals surface area contributed by atoms with Crippen molar-refractivity contribution in [1.29, 1.82) is 0 Å². The van der Waals surface area contributed by atoms with Crippen LogP contribution >= 0.6 is 0 Å². The lowest BCUT2D eigenvalue weighted by Gasteiger charge is -2.13. The minimum Gasteiger partial charge on any atom is -0.403 e. The zero-order valence-electron chi connectivity index (χ0n) is 13.7. The first-order valence-electron chi connectivity index (χ1n) is 8.69. The van der Waals surface area contributed by atoms with Crippen LogP contribution < -0.4 is 11.2 Å². The maximum absolute atomic E-state index is 13.4. The molecule has 0 aliphatic heterocycles. The number of nitrogens with one attached hydrogen (secondary N) is 1. The number of alkyl halides is 1. The summed E-state index contributed by atoms with van der Waals surface area (Å²) in [5.74, 6) is 0.784. The van der Waals surface area contributed by atoms with Gasteiger partial charge in [-0.05, 0) is 68.8 Å². The highest BCUT2D eigenvalue weighted by Crippen LogP contribution is 2.63. The number of aromatic nitrogens is 2. The van der Waals surface area contributed by atoms with E-state index in [9.17, 15) is 14.0 Å². The van der Waals surface area contributed by atoms with Gasteiger partial charge in [0.25, 0.3) is 5.56 Å². The van der Waals surface area contributed by atoms with Gasteiger partial charge in [0.05, 0.1) is 0 Å². The van der Waals surface area contributed by atoms with Crippen molar-refractivity contribution in [2.45, 2.75) is 58.0 Å². The molecule has 0 saturated heterocycles. The number of hydrogen-bond acceptors (Lipinski definition) is 4. The molecule has 5 nitrogen and oxygen atoms in total. The molecule has 4 rings (SSSR count). The third-order valence-electron chi connectivity index (χ3n) is 5.55. The van der Waals surface area contributed by atoms with Crippen LogP contribution in [0.25, 0.3) is 11.1 Å². The van der Waals surface area contributed by atoms with Gasteiger partial charge in [-0.1, -0.05) is 0 Å². The van der Waals surface area contributed by atoms with Gasteiger partial charge in [-0.25, -0.2) is 9.18 Å². The molecule has 2 aliphatic carbocycles. The van der Waals surface area contributed by atoms with E-state index in [1.807, 2.05) is 0 Å². The first-order chi connectivity index (χ1) is 11.5. The van der Waals surface area contributed by atoms with Gasteiger partial charge in [0.1, 0.15) is 11.2 Å². The number of H-pyrrole nitrogens is 1. The summed E-state index contributed by atoms with van der Waals surface area (Å²) < 4.78 is 18.4. The molecule has 0 amide bonds. The molecule has 0 bridgehead atoms. The molecule has 0 aromatic carbocycles. The molecule has 6 heteroatoms. The van der Waals surface area contributed by atoms with Crippen molar-refractivity contribution < 1.29 is 8.81 Å². The second-order valence-electron chi connectivity index (χ2n) is 7.33. The fourth-order valence-electron chi connectivity index (χ4n) is 3.90. The number of nitrogens with zero attached hydrogens (tertiary/aromatic N) is 1. The summed E-state index contributed by atoms with van der Waals surface area (Å²) in [6.07, 6.45) is 6.64. The molecular weight excluding hydrogens is 311 g/mol. The Labute approximate surface area is 138 Å². The molecule has 0 radical (unpaired) electrons. The van der Waals surface area contributed by atoms with E-state index in [4.69, 9.17) is 4.42 Å². The van der Waals surface area contributed by atoms with E-state index < -0.39 is 17.4 Å². The molecule has 2 saturated carbocycles. The van der Waals surface area contributed by atoms with E-state index in [-0.39, 0.29) is 16.9 Å². The molecule has 2 aliphatic rings. The maximum Gasteiger partial charge on any atom is 0.337 e. The summed E-state index contributed by atoms with van der Waals surface area (Å²) in [5, 5.41) is 0.273. The van der Waals surface area contributed by atoms with Crippen molar-refractivity contribution in [3.05, 3.63) is 38.2 Å². The predicted molar refractivity (Wildman–Crippen MR) is 87.8 cm³/mol. The van der Waals surface area contributed by atoms with E-state index in [0.29, 0.717) is 17.4 Å². The molecule has 1 atom stereocenters. The van der Waals surface area contributed by atoms with Crippen LogP contribution in [0.5, 0.6) is 0 Å². The minimum absolute atomic E-state index is 0.0657. The normalized spacial score (nSPS) is 20.2. The van der Waals surface area contributed by atoms with Gasteiger partial charge in [0, 0.05) is 6.07 Å². The molecule has 2 aromatic heterocycles. The Morgan fingerprint density at radius 3 is 2.79 bits per heavy atom. The molecule has 0 spiro atoms. The second-order valence-corrected chi connectivity index (χ2v) is 7.33. The monoisotopic (exact) mass is 332 g/mol. The average Bonchev–Trinajstić information content (AvgIpc) is 3.39. The minimum atomic E-state index is -1.43. The summed E-state index contributed by atoms with van der Waals surface area (Å²) in [7, 11) is 0. The van der Waals surface area contributed by atoms with Crippen LogP contribution in [0.3, 0.4) is 0 Å². The van der Waals surface area contributed by atoms with E-state index in [0.717, 1.165) is 18.8 Å². The molecule has 2 heterocycles. The number of halogens is 1. The van der Waals surface area contributed by atoms with Gasteiger partial charge in [0.15, 0.2) is 6.17 Å². The quantitative estimate of drug-likeness (QED) is 0.879. The van der Waals surface area contributed by atoms with Gasteiger partial charge in [0.2, 0.25) is 5.71 Å². The van der Waals surface area contributed by atoms with Gasteiger partial charge in [-0.15, -0.1) is 0 Å². The van der Waals surface area contributed by atoms with E-state index in [1.54, 1.807) is 0 Å². The van der Waals surface area contributed by atoms with E-state index in [1.165, 1.54) is 38.7 Å². The Morgan fingerprint density at radius 1 is 1.42 bits per heavy atom. The molecule has 1 N–H and O–H groups in total. The fourth-order valence-corrected chi connectivity index (χ4v) is 3.90. The highest BCUT2D eigenvalue weighted by molar-refractivity contribution is 5.75. The smallest absolute Gasteiger partial charge is 0.337 e. The van der Waals surface area contributed by atoms with Crippen LogP contribution in [-0.2, 0) is 6.42 Å². The van der Waals surface area contributed by atoms with E-state index >= 15 is 0 Å². The predicted octanol–water partition coefficient (Wildman–Crippen LogP) is 3.42. The standard InChI is InChI=1S/C18H21FN2O3/c1-10(19)15-20-16(23)14-11(9-13(22)24-17(14)21-15)3-2-6-18(7-8-18)12-4-5-12/h9-10,12H,2-8H2,1H3,(H,20,21,23). The number of aromatic amines is 1. The third kappa shape index (κ3) is 2.78. The number of fused-ring (bicyclic) bond motifs is 1. The van der Waals surface area contributed by atoms with Gasteiger partial charge >= 0.3 is 5.63 Å². The zero-order chi connectivity index (χ0) is 16.9. The van der Waals surface area contributed by atoms with Crippen molar-refractivity contribution in [2.75, 3.05) is 0 Å². The Balaban J connectivity index is 1.62. The highest BCUT2D eigenvalue weighted by atomic mass is 19.1. The van der Waals surface area contributed by atoms with Crippen LogP contribution in [0.15, 0.2) is 20.1 Å². The molecule has 128 valence electrons. The number of hydrogen-bond donors (Lipinski definition) is 1. The zero-order valence-corrected chi connectivity index (χ0v) is 13.7. The number of rotatable bonds is 6. The summed E-state index contributed by atoms with van der Waals surface area (Å²) in [6.45, 7) is 1.28. The first kappa shape index (κ1) is 15.5. The largest absolute Gasteiger partial charge is 0.403 e. The Bertz CT molecular complexity index is 891. The first-order valence-corrected chi connectivity index (χ1v) is 8.69. The van der Waals surface area contributed by atoms with E-state index in [2.05, 4.69) is 9.97 Å². The Kier molecular flexibility index (Phi) is 3.58. The Morgan fingerprint density at radius 2 is 2.17 bits per heavy atom. The number of aryl methyl sites for hydroxylation is 1. The van der Waals surface area contributed by atoms with Crippen molar-refractivity contribution in [3.63, 3.8) is 0 Å². The lowest BCUT2D eigenvalue weighted by Crippen LogP contribution is -2.17. The van der Waals surface area contributed by atoms with Crippen LogP contribution in [0, 0.1) is 11.3 Å². The van der Waals surface area contributed by atoms with Crippen molar-refractivity contribution in [2.24, 2.45) is 11.3 Å². The molecule has 1 unspecified atom stereocenters. The summed E-state index contributed by atoms with van der Waals surface area (Å²) in [6, 6.07) is 1.37. The second kappa shape index (κ2) is 5.53. The highest BCUT2D eigenvalue weighted by Gasteiger charge is 2.52. The van der Waals surface area contributed by atoms with Crippen molar-refractivity contribution >= 4 is 11.1 Å². The van der Waals surface area contributed by atoms with Crippen LogP contribution in [-0.4, -0.2) is 9.97 Å². The molecule has 2 fully saturated rings. The third-order valence-corrected chi connectivity index (χ3v) is 5.55. The van der Waals surface area contributed by atoms with Gasteiger partial charge < -0.3 is 9.40 Å². The lowest BCUT2D eigenvalue weighted by molar-refractivity contribution is 0.354. The van der Waals surface area contributed by atoms with Gasteiger partial charge in [-0.3, -0.25) is 4.79 Å². The average molecular weight is 332 g/mol. The van der Waals surface area contributed by atoms with Crippen LogP contribution in [0.4, 0.5) is 4.39 Å². The summed E-state index contributed by atoms with van der Waals surface area (Å²) >= 11 is 0. The van der Waals surface area contributed by atoms with Crippen LogP contribution in [0.2, 0.25) is 0 Å². The summed E-state index contributed by atoms with van der Waals surface area (Å²) in [4.78, 5) is 30.5. The SMILES string of the molecule is CC(F)c1nc2oc(=O)cc(CCCC3(C4CC4)CC3)c2c(=O)[nH]1. The molecular formula is C18H21FN2O3. The fraction of sp³-hybridized carbons (Fsp3) is 0.611. The van der Waals surface area contributed by atoms with Crippen molar-refractivity contribution in [3.8, 4) is 0 Å². The Hall–Kier alpha value is -1.98. The van der Waals surface area contributed by atoms with Crippen molar-refractivity contribution in [1.82, 2.24) is 9.97 Å². The summed E-state index contributed by atoms with van der Waals surface area (Å²) in [5.41, 5.74) is 0.137.